The third-order valence-corrected chi connectivity index (χ3v) is 3.43. The molecule has 2 aromatic rings. The van der Waals surface area contributed by atoms with Crippen LogP contribution >= 0.6 is 11.5 Å². The van der Waals surface area contributed by atoms with Gasteiger partial charge in [-0.1, -0.05) is 19.1 Å². The summed E-state index contributed by atoms with van der Waals surface area (Å²) in [6.45, 7) is 3.44. The lowest BCUT2D eigenvalue weighted by Gasteiger charge is -2.05. The number of amides is 1. The molecule has 0 fully saturated rings. The molecular weight excluding hydrogens is 246 g/mol. The van der Waals surface area contributed by atoms with E-state index in [1.54, 1.807) is 0 Å². The fraction of sp³-hybridized carbons (Fsp3) is 0.385. The van der Waals surface area contributed by atoms with Crippen molar-refractivity contribution in [1.29, 1.82) is 0 Å². The highest BCUT2D eigenvalue weighted by Crippen LogP contribution is 2.26. The normalized spacial score (nSPS) is 10.5. The van der Waals surface area contributed by atoms with Crippen LogP contribution in [0, 0.1) is 0 Å². The van der Waals surface area contributed by atoms with Gasteiger partial charge in [0.25, 0.3) is 0 Å². The number of nitrogens with zero attached hydrogens (tertiary/aromatic N) is 1. The highest BCUT2D eigenvalue weighted by molar-refractivity contribution is 7.11. The van der Waals surface area contributed by atoms with Gasteiger partial charge in [0.05, 0.1) is 5.52 Å². The van der Waals surface area contributed by atoms with Gasteiger partial charge in [-0.15, -0.1) is 0 Å². The second-order valence-electron chi connectivity index (χ2n) is 4.06. The summed E-state index contributed by atoms with van der Waals surface area (Å²) in [5.74, 6) is 0.0955. The Balaban J connectivity index is 1.85. The van der Waals surface area contributed by atoms with Crippen LogP contribution in [0.4, 0.5) is 5.00 Å². The van der Waals surface area contributed by atoms with Gasteiger partial charge in [0.1, 0.15) is 5.00 Å². The molecule has 4 nitrogen and oxygen atoms in total. The molecule has 0 aliphatic carbocycles. The van der Waals surface area contributed by atoms with Crippen LogP contribution in [0.2, 0.25) is 0 Å². The summed E-state index contributed by atoms with van der Waals surface area (Å²) in [6, 6.07) is 8.00. The Bertz CT molecular complexity index is 524. The van der Waals surface area contributed by atoms with Crippen LogP contribution in [0.5, 0.6) is 0 Å². The van der Waals surface area contributed by atoms with Gasteiger partial charge in [0.15, 0.2) is 0 Å². The molecule has 0 saturated heterocycles. The highest BCUT2D eigenvalue weighted by Gasteiger charge is 2.05. The zero-order valence-corrected chi connectivity index (χ0v) is 11.2. The largest absolute Gasteiger partial charge is 0.375 e. The molecule has 1 aromatic carbocycles. The van der Waals surface area contributed by atoms with E-state index in [0.29, 0.717) is 13.0 Å². The minimum atomic E-state index is 0.0955. The van der Waals surface area contributed by atoms with Crippen LogP contribution in [0.3, 0.4) is 0 Å². The fourth-order valence-electron chi connectivity index (χ4n) is 1.66. The van der Waals surface area contributed by atoms with Crippen molar-refractivity contribution in [3.63, 3.8) is 0 Å². The number of carbonyl (C=O) groups excluding carboxylic acids is 1. The molecule has 0 bridgehead atoms. The average molecular weight is 263 g/mol. The summed E-state index contributed by atoms with van der Waals surface area (Å²) in [5.41, 5.74) is 1.00. The minimum absolute atomic E-state index is 0.0955. The molecule has 5 heteroatoms. The number of hydrogen-bond donors (Lipinski definition) is 2. The molecule has 96 valence electrons. The van der Waals surface area contributed by atoms with E-state index in [9.17, 15) is 4.79 Å². The topological polar surface area (TPSA) is 54.0 Å². The standard InChI is InChI=1S/C13H17N3OS/c1-2-8-14-12(17)7-9-15-13-10-5-3-4-6-11(10)16-18-13/h3-6,15H,2,7-9H2,1H3,(H,14,17). The Morgan fingerprint density at radius 1 is 1.33 bits per heavy atom. The van der Waals surface area contributed by atoms with Gasteiger partial charge in [-0.25, -0.2) is 0 Å². The van der Waals surface area contributed by atoms with Gasteiger partial charge in [0, 0.05) is 24.9 Å². The van der Waals surface area contributed by atoms with Crippen molar-refractivity contribution in [2.45, 2.75) is 19.8 Å². The van der Waals surface area contributed by atoms with E-state index < -0.39 is 0 Å². The van der Waals surface area contributed by atoms with Gasteiger partial charge in [-0.05, 0) is 30.1 Å². The first-order valence-corrected chi connectivity index (χ1v) is 6.93. The highest BCUT2D eigenvalue weighted by atomic mass is 32.1. The maximum absolute atomic E-state index is 11.4. The van der Waals surface area contributed by atoms with Gasteiger partial charge in [-0.2, -0.15) is 4.37 Å². The molecule has 1 heterocycles. The molecule has 0 radical (unpaired) electrons. The smallest absolute Gasteiger partial charge is 0.221 e. The molecule has 0 unspecified atom stereocenters. The molecule has 18 heavy (non-hydrogen) atoms. The number of rotatable bonds is 6. The monoisotopic (exact) mass is 263 g/mol. The number of benzene rings is 1. The lowest BCUT2D eigenvalue weighted by atomic mass is 10.2. The number of nitrogens with one attached hydrogen (secondary N) is 2. The van der Waals surface area contributed by atoms with Crippen LogP contribution in [0.15, 0.2) is 24.3 Å². The third kappa shape index (κ3) is 3.20. The van der Waals surface area contributed by atoms with Crippen molar-refractivity contribution in [3.05, 3.63) is 24.3 Å². The predicted molar refractivity (Wildman–Crippen MR) is 76.0 cm³/mol. The van der Waals surface area contributed by atoms with Gasteiger partial charge < -0.3 is 10.6 Å². The van der Waals surface area contributed by atoms with E-state index in [1.807, 2.05) is 31.2 Å². The second-order valence-corrected chi connectivity index (χ2v) is 4.83. The van der Waals surface area contributed by atoms with Crippen molar-refractivity contribution >= 4 is 33.3 Å². The number of hydrogen-bond acceptors (Lipinski definition) is 4. The summed E-state index contributed by atoms with van der Waals surface area (Å²) in [4.78, 5) is 11.4. The van der Waals surface area contributed by atoms with E-state index in [1.165, 1.54) is 11.5 Å². The van der Waals surface area contributed by atoms with Crippen LogP contribution in [0.1, 0.15) is 19.8 Å². The molecule has 1 amide bonds. The first kappa shape index (κ1) is 12.8. The van der Waals surface area contributed by atoms with Crippen molar-refractivity contribution in [2.75, 3.05) is 18.4 Å². The lowest BCUT2D eigenvalue weighted by molar-refractivity contribution is -0.120. The first-order valence-electron chi connectivity index (χ1n) is 6.16. The van der Waals surface area contributed by atoms with Gasteiger partial charge >= 0.3 is 0 Å². The minimum Gasteiger partial charge on any atom is -0.375 e. The lowest BCUT2D eigenvalue weighted by Crippen LogP contribution is -2.25. The molecule has 2 rings (SSSR count). The van der Waals surface area contributed by atoms with Gasteiger partial charge in [0.2, 0.25) is 5.91 Å². The van der Waals surface area contributed by atoms with E-state index >= 15 is 0 Å². The van der Waals surface area contributed by atoms with Crippen molar-refractivity contribution < 1.29 is 4.79 Å². The summed E-state index contributed by atoms with van der Waals surface area (Å²) in [5, 5.41) is 8.29. The van der Waals surface area contributed by atoms with Crippen LogP contribution in [-0.4, -0.2) is 23.4 Å². The first-order chi connectivity index (χ1) is 8.81. The Hall–Kier alpha value is -1.62. The Labute approximate surface area is 111 Å². The zero-order valence-electron chi connectivity index (χ0n) is 10.4. The summed E-state index contributed by atoms with van der Waals surface area (Å²) >= 11 is 1.44. The summed E-state index contributed by atoms with van der Waals surface area (Å²) in [7, 11) is 0. The molecule has 0 saturated carbocycles. The fourth-order valence-corrected chi connectivity index (χ4v) is 2.45. The molecule has 1 aromatic heterocycles. The number of anilines is 1. The maximum Gasteiger partial charge on any atom is 0.221 e. The van der Waals surface area contributed by atoms with Crippen LogP contribution in [0.25, 0.3) is 10.9 Å². The Morgan fingerprint density at radius 3 is 3.00 bits per heavy atom. The van der Waals surface area contributed by atoms with E-state index in [-0.39, 0.29) is 5.91 Å². The molecule has 0 aliphatic heterocycles. The van der Waals surface area contributed by atoms with Crippen LogP contribution in [-0.2, 0) is 4.79 Å². The summed E-state index contributed by atoms with van der Waals surface area (Å²) in [6.07, 6.45) is 1.46. The maximum atomic E-state index is 11.4. The zero-order chi connectivity index (χ0) is 12.8. The van der Waals surface area contributed by atoms with E-state index in [4.69, 9.17) is 0 Å². The molecule has 2 N–H and O–H groups in total. The SMILES string of the molecule is CCCNC(=O)CCNc1snc2ccccc12. The molecule has 0 spiro atoms. The quantitative estimate of drug-likeness (QED) is 0.842. The summed E-state index contributed by atoms with van der Waals surface area (Å²) < 4.78 is 4.34. The predicted octanol–water partition coefficient (Wildman–Crippen LogP) is 2.62. The van der Waals surface area contributed by atoms with E-state index in [2.05, 4.69) is 15.0 Å². The van der Waals surface area contributed by atoms with Gasteiger partial charge in [-0.3, -0.25) is 4.79 Å². The number of carbonyl (C=O) groups is 1. The van der Waals surface area contributed by atoms with E-state index in [0.717, 1.165) is 28.9 Å². The van der Waals surface area contributed by atoms with Crippen LogP contribution < -0.4 is 10.6 Å². The van der Waals surface area contributed by atoms with Crippen molar-refractivity contribution in [3.8, 4) is 0 Å². The second kappa shape index (κ2) is 6.35. The number of fused-ring (bicyclic) bond motifs is 1. The average Bonchev–Trinajstić information content (AvgIpc) is 2.80. The number of aromatic nitrogens is 1. The Morgan fingerprint density at radius 2 is 2.17 bits per heavy atom. The van der Waals surface area contributed by atoms with Crippen molar-refractivity contribution in [2.24, 2.45) is 0 Å². The Kier molecular flexibility index (Phi) is 4.52. The van der Waals surface area contributed by atoms with Crippen molar-refractivity contribution in [1.82, 2.24) is 9.69 Å². The third-order valence-electron chi connectivity index (χ3n) is 2.59. The molecule has 0 aliphatic rings. The molecule has 0 atom stereocenters. The molecular formula is C13H17N3OS.